The number of nitrogens with zero attached hydrogens (tertiary/aromatic N) is 8. The summed E-state index contributed by atoms with van der Waals surface area (Å²) in [5.74, 6) is 0. The molecular formula is C90H50N8. The van der Waals surface area contributed by atoms with Gasteiger partial charge in [0.1, 0.15) is 5.65 Å². The van der Waals surface area contributed by atoms with Crippen LogP contribution in [0.2, 0.25) is 0 Å². The quantitative estimate of drug-likeness (QED) is 0.172. The van der Waals surface area contributed by atoms with Gasteiger partial charge in [0.25, 0.3) is 0 Å². The fourth-order valence-electron chi connectivity index (χ4n) is 18.1. The van der Waals surface area contributed by atoms with Crippen LogP contribution in [0.25, 0.3) is 219 Å². The zero-order valence-corrected chi connectivity index (χ0v) is 52.4. The van der Waals surface area contributed by atoms with Crippen molar-refractivity contribution in [2.24, 2.45) is 0 Å². The Morgan fingerprint density at radius 1 is 0.214 bits per heavy atom. The van der Waals surface area contributed by atoms with Gasteiger partial charge in [-0.3, -0.25) is 9.55 Å². The van der Waals surface area contributed by atoms with Crippen LogP contribution in [-0.2, 0) is 0 Å². The number of rotatable bonds is 5. The molecule has 8 heteroatoms. The first-order valence-corrected chi connectivity index (χ1v) is 33.7. The Labute approximate surface area is 556 Å². The average molecular weight is 1240 g/mol. The number of pyridine rings is 2. The zero-order chi connectivity index (χ0) is 63.3. The maximum Gasteiger partial charge on any atom is 0.145 e. The number of hydrogen-bond acceptors (Lipinski definition) is 2. The molecule has 0 saturated heterocycles. The van der Waals surface area contributed by atoms with E-state index in [1.807, 2.05) is 18.6 Å². The van der Waals surface area contributed by atoms with Crippen LogP contribution in [-0.4, -0.2) is 37.0 Å². The van der Waals surface area contributed by atoms with Gasteiger partial charge in [-0.2, -0.15) is 0 Å². The lowest BCUT2D eigenvalue weighted by Crippen LogP contribution is -1.96. The molecule has 98 heavy (non-hydrogen) atoms. The molecule has 0 radical (unpaired) electrons. The molecule has 10 heterocycles. The lowest BCUT2D eigenvalue weighted by atomic mass is 9.99. The highest BCUT2D eigenvalue weighted by Crippen LogP contribution is 2.51. The average Bonchev–Trinajstić information content (AvgIpc) is 1.52. The van der Waals surface area contributed by atoms with E-state index in [1.54, 1.807) is 0 Å². The summed E-state index contributed by atoms with van der Waals surface area (Å²) in [4.78, 5) is 9.82. The minimum Gasteiger partial charge on any atom is -0.308 e. The van der Waals surface area contributed by atoms with E-state index >= 15 is 0 Å². The van der Waals surface area contributed by atoms with Crippen LogP contribution >= 0.6 is 0 Å². The third kappa shape index (κ3) is 6.44. The molecule has 0 aliphatic carbocycles. The molecule has 0 bridgehead atoms. The molecule has 24 aromatic rings. The maximum atomic E-state index is 5.00. The molecule has 0 spiro atoms. The third-order valence-electron chi connectivity index (χ3n) is 22.1. The van der Waals surface area contributed by atoms with E-state index in [9.17, 15) is 0 Å². The monoisotopic (exact) mass is 1240 g/mol. The van der Waals surface area contributed by atoms with Gasteiger partial charge in [0.15, 0.2) is 0 Å². The summed E-state index contributed by atoms with van der Waals surface area (Å²) in [6.45, 7) is 0. The van der Waals surface area contributed by atoms with E-state index in [4.69, 9.17) is 9.97 Å². The molecule has 0 N–H and O–H groups in total. The first-order valence-electron chi connectivity index (χ1n) is 33.7. The normalized spacial score (nSPS) is 12.7. The molecule has 0 saturated carbocycles. The van der Waals surface area contributed by atoms with E-state index in [-0.39, 0.29) is 0 Å². The standard InChI is InChI=1S/C90H50N8/c1-2-21-57(22-3-1)96-79-36-33-60(47-70(79)63-27-15-38-92-90(63)96)95-82-45-55-19-7-5-17-53(55)42-68(82)74-49-72-66-43-56(31-34-80(66)98-77-30-13-10-26-65(77)85(87(74)95)89(72)98)51-20-14-23-58(40-51)93-78-35-32-59(46-69(78)62-37-39-91-50-83(62)93)94-81-44-54-18-6-4-16-52(54)41-67(81)73-48-71-61-24-8-11-28-75(61)97-76-29-12-9-25-64(76)84(86(73)94)88(71)97/h1-50H. The molecule has 0 unspecified atom stereocenters. The summed E-state index contributed by atoms with van der Waals surface area (Å²) < 4.78 is 14.9. The molecule has 450 valence electrons. The number of aromatic nitrogens is 8. The molecule has 14 aromatic carbocycles. The van der Waals surface area contributed by atoms with Crippen molar-refractivity contribution in [1.29, 1.82) is 0 Å². The Bertz CT molecular complexity index is 7680. The SMILES string of the molecule is c1ccc(-n2c3ccc(-n4c5cc6ccccc6cc5c5cc6c7cc(-c8cccc(-n9c%10ccc(-n%11c%12cc%13ccccc%13cc%12c%12cc%13c%14ccccc%14n%14c%15ccccc%15c(c%12%11)c%13%14)cc%10c%10ccncc%109)c8)ccc7n7c8ccccc8c(c54)c67)cc3c3cccnc32)cc1. The predicted octanol–water partition coefficient (Wildman–Crippen LogP) is 23.1. The Kier molecular flexibility index (Phi) is 9.57. The van der Waals surface area contributed by atoms with Crippen molar-refractivity contribution >= 4 is 185 Å². The van der Waals surface area contributed by atoms with Gasteiger partial charge in [0.2, 0.25) is 0 Å². The van der Waals surface area contributed by atoms with Gasteiger partial charge in [-0.05, 0) is 178 Å². The van der Waals surface area contributed by atoms with Crippen molar-refractivity contribution in [2.45, 2.75) is 0 Å². The molecule has 0 aliphatic heterocycles. The molecule has 0 fully saturated rings. The van der Waals surface area contributed by atoms with Gasteiger partial charge in [-0.1, -0.05) is 140 Å². The summed E-state index contributed by atoms with van der Waals surface area (Å²) >= 11 is 0. The van der Waals surface area contributed by atoms with Gasteiger partial charge in [-0.25, -0.2) is 4.98 Å². The van der Waals surface area contributed by atoms with Crippen molar-refractivity contribution in [3.63, 3.8) is 0 Å². The Hall–Kier alpha value is -13.3. The van der Waals surface area contributed by atoms with Crippen LogP contribution in [0.15, 0.2) is 304 Å². The Balaban J connectivity index is 0.707. The Morgan fingerprint density at radius 3 is 1.33 bits per heavy atom. The Morgan fingerprint density at radius 2 is 0.673 bits per heavy atom. The largest absolute Gasteiger partial charge is 0.308 e. The number of benzene rings is 14. The van der Waals surface area contributed by atoms with Gasteiger partial charge in [-0.15, -0.1) is 0 Å². The van der Waals surface area contributed by atoms with E-state index in [1.165, 1.54) is 147 Å². The summed E-state index contributed by atoms with van der Waals surface area (Å²) in [5.41, 5.74) is 23.1. The second-order valence-corrected chi connectivity index (χ2v) is 26.9. The third-order valence-corrected chi connectivity index (χ3v) is 22.1. The van der Waals surface area contributed by atoms with E-state index in [0.29, 0.717) is 0 Å². The molecule has 10 aromatic heterocycles. The molecule has 0 aliphatic rings. The molecule has 0 amide bonds. The molecule has 24 rings (SSSR count). The maximum absolute atomic E-state index is 5.00. The topological polar surface area (TPSA) is 54.3 Å². The van der Waals surface area contributed by atoms with Crippen LogP contribution in [0.4, 0.5) is 0 Å². The lowest BCUT2D eigenvalue weighted by molar-refractivity contribution is 1.13. The fraction of sp³-hybridized carbons (Fsp3) is 0. The van der Waals surface area contributed by atoms with Gasteiger partial charge >= 0.3 is 0 Å². The van der Waals surface area contributed by atoms with E-state index in [2.05, 4.69) is 312 Å². The highest BCUT2D eigenvalue weighted by atomic mass is 15.1. The fourth-order valence-corrected chi connectivity index (χ4v) is 18.1. The summed E-state index contributed by atoms with van der Waals surface area (Å²) in [6, 6.07) is 107. The van der Waals surface area contributed by atoms with Gasteiger partial charge in [0, 0.05) is 121 Å². The first-order chi connectivity index (χ1) is 48.6. The second kappa shape index (κ2) is 18.3. The predicted molar refractivity (Wildman–Crippen MR) is 409 cm³/mol. The minimum absolute atomic E-state index is 0.944. The highest BCUT2D eigenvalue weighted by molar-refractivity contribution is 6.37. The van der Waals surface area contributed by atoms with Crippen molar-refractivity contribution < 1.29 is 0 Å². The van der Waals surface area contributed by atoms with Crippen LogP contribution < -0.4 is 0 Å². The first kappa shape index (κ1) is 51.2. The van der Waals surface area contributed by atoms with Crippen molar-refractivity contribution in [3.05, 3.63) is 304 Å². The number of hydrogen-bond donors (Lipinski definition) is 0. The minimum atomic E-state index is 0.944. The van der Waals surface area contributed by atoms with E-state index in [0.717, 1.165) is 72.2 Å². The number of fused-ring (bicyclic) bond motifs is 28. The summed E-state index contributed by atoms with van der Waals surface area (Å²) in [6.07, 6.45) is 5.88. The van der Waals surface area contributed by atoms with Gasteiger partial charge < -0.3 is 22.5 Å². The van der Waals surface area contributed by atoms with Crippen molar-refractivity contribution in [2.75, 3.05) is 0 Å². The van der Waals surface area contributed by atoms with Crippen LogP contribution in [0.5, 0.6) is 0 Å². The second-order valence-electron chi connectivity index (χ2n) is 26.9. The van der Waals surface area contributed by atoms with Crippen LogP contribution in [0.1, 0.15) is 0 Å². The van der Waals surface area contributed by atoms with Crippen LogP contribution in [0, 0.1) is 0 Å². The zero-order valence-electron chi connectivity index (χ0n) is 52.4. The van der Waals surface area contributed by atoms with Crippen molar-refractivity contribution in [3.8, 4) is 33.9 Å². The van der Waals surface area contributed by atoms with Crippen molar-refractivity contribution in [1.82, 2.24) is 37.0 Å². The summed E-state index contributed by atoms with van der Waals surface area (Å²) in [5, 5.41) is 24.5. The highest BCUT2D eigenvalue weighted by Gasteiger charge is 2.29. The van der Waals surface area contributed by atoms with Gasteiger partial charge in [0.05, 0.1) is 77.9 Å². The molecular weight excluding hydrogens is 1190 g/mol. The van der Waals surface area contributed by atoms with Crippen LogP contribution in [0.3, 0.4) is 0 Å². The smallest absolute Gasteiger partial charge is 0.145 e. The molecule has 0 atom stereocenters. The lowest BCUT2D eigenvalue weighted by Gasteiger charge is -2.12. The van der Waals surface area contributed by atoms with E-state index < -0.39 is 0 Å². The number of para-hydroxylation sites is 4. The molecule has 8 nitrogen and oxygen atoms in total. The summed E-state index contributed by atoms with van der Waals surface area (Å²) in [7, 11) is 0.